The minimum Gasteiger partial charge on any atom is -0.497 e. The Labute approximate surface area is 189 Å². The van der Waals surface area contributed by atoms with Gasteiger partial charge >= 0.3 is 0 Å². The van der Waals surface area contributed by atoms with E-state index in [9.17, 15) is 14.7 Å². The van der Waals surface area contributed by atoms with E-state index in [4.69, 9.17) is 9.47 Å². The van der Waals surface area contributed by atoms with E-state index in [0.29, 0.717) is 17.8 Å². The van der Waals surface area contributed by atoms with E-state index in [1.165, 1.54) is 0 Å². The third-order valence-corrected chi connectivity index (χ3v) is 5.99. The number of anilines is 1. The lowest BCUT2D eigenvalue weighted by Crippen LogP contribution is -2.51. The molecule has 1 aliphatic heterocycles. The number of morpholine rings is 1. The van der Waals surface area contributed by atoms with Crippen molar-refractivity contribution in [2.75, 3.05) is 25.6 Å². The second kappa shape index (κ2) is 11.1. The maximum Gasteiger partial charge on any atom is 0.249 e. The number of aliphatic hydroxyl groups is 1. The molecule has 172 valence electrons. The van der Waals surface area contributed by atoms with Gasteiger partial charge in [0, 0.05) is 18.2 Å². The van der Waals surface area contributed by atoms with Crippen molar-refractivity contribution >= 4 is 17.5 Å². The smallest absolute Gasteiger partial charge is 0.249 e. The van der Waals surface area contributed by atoms with E-state index in [2.05, 4.69) is 5.32 Å². The number of benzene rings is 2. The normalized spacial score (nSPS) is 17.3. The molecule has 3 rings (SSSR count). The molecule has 32 heavy (non-hydrogen) atoms. The van der Waals surface area contributed by atoms with Crippen molar-refractivity contribution in [2.24, 2.45) is 5.92 Å². The molecular weight excluding hydrogens is 408 g/mol. The molecule has 0 spiro atoms. The van der Waals surface area contributed by atoms with Crippen LogP contribution in [0, 0.1) is 5.92 Å². The average molecular weight is 441 g/mol. The van der Waals surface area contributed by atoms with Gasteiger partial charge in [-0.2, -0.15) is 0 Å². The maximum atomic E-state index is 12.6. The molecule has 2 unspecified atom stereocenters. The van der Waals surface area contributed by atoms with Crippen molar-refractivity contribution in [2.45, 2.75) is 45.4 Å². The SMILES string of the molecule is CCC(CC)C(=O)Nc1ccc(C(O)C2COCC(=O)N2Cc2ccc(OC)cc2)cc1. The van der Waals surface area contributed by atoms with Crippen molar-refractivity contribution in [1.82, 2.24) is 4.90 Å². The van der Waals surface area contributed by atoms with Gasteiger partial charge in [-0.25, -0.2) is 0 Å². The number of rotatable bonds is 9. The summed E-state index contributed by atoms with van der Waals surface area (Å²) in [4.78, 5) is 26.6. The first kappa shape index (κ1) is 23.8. The number of aliphatic hydroxyl groups excluding tert-OH is 1. The van der Waals surface area contributed by atoms with E-state index in [0.717, 1.165) is 24.2 Å². The van der Waals surface area contributed by atoms with Crippen LogP contribution in [0.15, 0.2) is 48.5 Å². The quantitative estimate of drug-likeness (QED) is 0.623. The van der Waals surface area contributed by atoms with Crippen LogP contribution in [0.1, 0.15) is 43.9 Å². The zero-order chi connectivity index (χ0) is 23.1. The Morgan fingerprint density at radius 3 is 2.41 bits per heavy atom. The fourth-order valence-electron chi connectivity index (χ4n) is 3.91. The number of amides is 2. The monoisotopic (exact) mass is 440 g/mol. The van der Waals surface area contributed by atoms with E-state index >= 15 is 0 Å². The lowest BCUT2D eigenvalue weighted by atomic mass is 9.99. The van der Waals surface area contributed by atoms with Gasteiger partial charge in [-0.05, 0) is 48.2 Å². The lowest BCUT2D eigenvalue weighted by molar-refractivity contribution is -0.155. The van der Waals surface area contributed by atoms with Crippen LogP contribution in [0.3, 0.4) is 0 Å². The fourth-order valence-corrected chi connectivity index (χ4v) is 3.91. The molecule has 2 aromatic rings. The zero-order valence-corrected chi connectivity index (χ0v) is 18.9. The van der Waals surface area contributed by atoms with Gasteiger partial charge in [-0.1, -0.05) is 38.1 Å². The number of carbonyl (C=O) groups excluding carboxylic acids is 2. The van der Waals surface area contributed by atoms with Gasteiger partial charge in [0.2, 0.25) is 11.8 Å². The summed E-state index contributed by atoms with van der Waals surface area (Å²) in [5, 5.41) is 14.0. The van der Waals surface area contributed by atoms with Gasteiger partial charge < -0.3 is 24.8 Å². The Balaban J connectivity index is 1.71. The number of methoxy groups -OCH3 is 1. The molecule has 0 aliphatic carbocycles. The fraction of sp³-hybridized carbons (Fsp3) is 0.440. The van der Waals surface area contributed by atoms with Crippen LogP contribution < -0.4 is 10.1 Å². The summed E-state index contributed by atoms with van der Waals surface area (Å²) in [5.74, 6) is 0.567. The van der Waals surface area contributed by atoms with Crippen LogP contribution in [0.5, 0.6) is 5.75 Å². The second-order valence-corrected chi connectivity index (χ2v) is 8.02. The largest absolute Gasteiger partial charge is 0.497 e. The molecule has 1 aliphatic rings. The highest BCUT2D eigenvalue weighted by Gasteiger charge is 2.34. The Morgan fingerprint density at radius 2 is 1.81 bits per heavy atom. The molecule has 2 atom stereocenters. The van der Waals surface area contributed by atoms with E-state index < -0.39 is 12.1 Å². The predicted molar refractivity (Wildman–Crippen MR) is 122 cm³/mol. The maximum absolute atomic E-state index is 12.6. The molecule has 2 aromatic carbocycles. The molecule has 2 amide bonds. The molecule has 2 N–H and O–H groups in total. The predicted octanol–water partition coefficient (Wildman–Crippen LogP) is 3.53. The Morgan fingerprint density at radius 1 is 1.16 bits per heavy atom. The highest BCUT2D eigenvalue weighted by molar-refractivity contribution is 5.92. The van der Waals surface area contributed by atoms with Gasteiger partial charge in [0.15, 0.2) is 0 Å². The van der Waals surface area contributed by atoms with Crippen LogP contribution >= 0.6 is 0 Å². The summed E-state index contributed by atoms with van der Waals surface area (Å²) in [5.41, 5.74) is 2.29. The highest BCUT2D eigenvalue weighted by atomic mass is 16.5. The molecule has 1 saturated heterocycles. The number of nitrogens with one attached hydrogen (secondary N) is 1. The van der Waals surface area contributed by atoms with Crippen LogP contribution in [0.25, 0.3) is 0 Å². The number of hydrogen-bond donors (Lipinski definition) is 2. The van der Waals surface area contributed by atoms with Gasteiger partial charge in [0.25, 0.3) is 0 Å². The molecule has 0 radical (unpaired) electrons. The van der Waals surface area contributed by atoms with Crippen molar-refractivity contribution in [3.63, 3.8) is 0 Å². The minimum absolute atomic E-state index is 0.000224. The lowest BCUT2D eigenvalue weighted by Gasteiger charge is -2.38. The topological polar surface area (TPSA) is 88.1 Å². The van der Waals surface area contributed by atoms with Crippen molar-refractivity contribution in [3.8, 4) is 5.75 Å². The Bertz CT molecular complexity index is 894. The molecule has 7 heteroatoms. The van der Waals surface area contributed by atoms with E-state index in [1.807, 2.05) is 38.1 Å². The molecule has 0 aromatic heterocycles. The van der Waals surface area contributed by atoms with Crippen LogP contribution in [0.2, 0.25) is 0 Å². The summed E-state index contributed by atoms with van der Waals surface area (Å²) in [6, 6.07) is 14.1. The van der Waals surface area contributed by atoms with Gasteiger partial charge in [-0.15, -0.1) is 0 Å². The molecule has 0 saturated carbocycles. The summed E-state index contributed by atoms with van der Waals surface area (Å²) in [6.45, 7) is 4.62. The first-order valence-corrected chi connectivity index (χ1v) is 11.1. The van der Waals surface area contributed by atoms with Crippen molar-refractivity contribution < 1.29 is 24.2 Å². The first-order chi connectivity index (χ1) is 15.5. The first-order valence-electron chi connectivity index (χ1n) is 11.1. The summed E-state index contributed by atoms with van der Waals surface area (Å²) in [7, 11) is 1.61. The summed E-state index contributed by atoms with van der Waals surface area (Å²) < 4.78 is 10.6. The molecule has 7 nitrogen and oxygen atoms in total. The van der Waals surface area contributed by atoms with Crippen molar-refractivity contribution in [1.29, 1.82) is 0 Å². The van der Waals surface area contributed by atoms with Crippen LogP contribution in [-0.2, 0) is 20.9 Å². The minimum atomic E-state index is -0.915. The zero-order valence-electron chi connectivity index (χ0n) is 18.9. The number of hydrogen-bond acceptors (Lipinski definition) is 5. The van der Waals surface area contributed by atoms with Gasteiger partial charge in [0.05, 0.1) is 19.8 Å². The standard InChI is InChI=1S/C25H32N2O5/c1-4-18(5-2)25(30)26-20-10-8-19(9-11-20)24(29)22-15-32-16-23(28)27(22)14-17-6-12-21(31-3)13-7-17/h6-13,18,22,24,29H,4-5,14-16H2,1-3H3,(H,26,30). The van der Waals surface area contributed by atoms with Crippen LogP contribution in [-0.4, -0.2) is 48.2 Å². The Kier molecular flexibility index (Phi) is 8.25. The number of nitrogens with zero attached hydrogens (tertiary/aromatic N) is 1. The summed E-state index contributed by atoms with van der Waals surface area (Å²) in [6.07, 6.45) is 0.666. The average Bonchev–Trinajstić information content (AvgIpc) is 2.81. The third-order valence-electron chi connectivity index (χ3n) is 5.99. The van der Waals surface area contributed by atoms with Gasteiger partial charge in [0.1, 0.15) is 18.5 Å². The molecular formula is C25H32N2O5. The Hall–Kier alpha value is -2.90. The third kappa shape index (κ3) is 5.66. The number of carbonyl (C=O) groups is 2. The second-order valence-electron chi connectivity index (χ2n) is 8.02. The number of ether oxygens (including phenoxy) is 2. The van der Waals surface area contributed by atoms with E-state index in [1.54, 1.807) is 36.3 Å². The van der Waals surface area contributed by atoms with E-state index in [-0.39, 0.29) is 30.9 Å². The van der Waals surface area contributed by atoms with Crippen molar-refractivity contribution in [3.05, 3.63) is 59.7 Å². The summed E-state index contributed by atoms with van der Waals surface area (Å²) >= 11 is 0. The molecule has 1 heterocycles. The highest BCUT2D eigenvalue weighted by Crippen LogP contribution is 2.27. The van der Waals surface area contributed by atoms with Gasteiger partial charge in [-0.3, -0.25) is 9.59 Å². The van der Waals surface area contributed by atoms with Crippen LogP contribution in [0.4, 0.5) is 5.69 Å². The molecule has 0 bridgehead atoms. The molecule has 1 fully saturated rings.